The van der Waals surface area contributed by atoms with Gasteiger partial charge < -0.3 is 10.1 Å². The van der Waals surface area contributed by atoms with Gasteiger partial charge in [-0.05, 0) is 47.7 Å². The second kappa shape index (κ2) is 8.68. The average molecular weight is 380 g/mol. The Morgan fingerprint density at radius 3 is 2.67 bits per heavy atom. The molecule has 0 spiro atoms. The quantitative estimate of drug-likeness (QED) is 0.517. The van der Waals surface area contributed by atoms with E-state index in [-0.39, 0.29) is 18.6 Å². The summed E-state index contributed by atoms with van der Waals surface area (Å²) in [5.74, 6) is -0.903. The number of hydrogen-bond donors (Lipinski definition) is 1. The summed E-state index contributed by atoms with van der Waals surface area (Å²) in [4.78, 5) is 28.5. The van der Waals surface area contributed by atoms with Crippen molar-refractivity contribution in [1.29, 1.82) is 0 Å². The standard InChI is InChI=1S/C21H20N2O3S/c1-14(16-10-9-15-6-3-4-7-17(15)12-16)23-19(24)13-26-21(25)18-8-5-11-22-20(18)27-2/h3-12,14H,13H2,1-2H3,(H,23,24). The maximum atomic E-state index is 12.2. The third-order valence-corrected chi connectivity index (χ3v) is 4.88. The molecule has 138 valence electrons. The van der Waals surface area contributed by atoms with Crippen LogP contribution >= 0.6 is 11.8 Å². The molecule has 1 unspecified atom stereocenters. The summed E-state index contributed by atoms with van der Waals surface area (Å²) in [5.41, 5.74) is 1.35. The SMILES string of the molecule is CSc1ncccc1C(=O)OCC(=O)NC(C)c1ccc2ccccc2c1. The van der Waals surface area contributed by atoms with Gasteiger partial charge in [-0.2, -0.15) is 0 Å². The van der Waals surface area contributed by atoms with Gasteiger partial charge in [0, 0.05) is 6.20 Å². The summed E-state index contributed by atoms with van der Waals surface area (Å²) in [6, 6.07) is 17.2. The molecule has 0 fully saturated rings. The summed E-state index contributed by atoms with van der Waals surface area (Å²) in [7, 11) is 0. The minimum atomic E-state index is -0.555. The summed E-state index contributed by atoms with van der Waals surface area (Å²) in [6.45, 7) is 1.57. The highest BCUT2D eigenvalue weighted by Gasteiger charge is 2.16. The summed E-state index contributed by atoms with van der Waals surface area (Å²) >= 11 is 1.35. The normalized spacial score (nSPS) is 11.8. The molecule has 0 bridgehead atoms. The van der Waals surface area contributed by atoms with Crippen molar-refractivity contribution in [3.05, 3.63) is 71.9 Å². The van der Waals surface area contributed by atoms with Crippen molar-refractivity contribution < 1.29 is 14.3 Å². The molecule has 1 atom stereocenters. The fourth-order valence-corrected chi connectivity index (χ4v) is 3.30. The number of rotatable bonds is 6. The Labute approximate surface area is 162 Å². The molecular formula is C21H20N2O3S. The van der Waals surface area contributed by atoms with E-state index < -0.39 is 5.97 Å². The van der Waals surface area contributed by atoms with Crippen LogP contribution in [0.4, 0.5) is 0 Å². The minimum absolute atomic E-state index is 0.194. The number of carbonyl (C=O) groups excluding carboxylic acids is 2. The molecule has 0 radical (unpaired) electrons. The number of fused-ring (bicyclic) bond motifs is 1. The molecule has 6 heteroatoms. The number of benzene rings is 2. The number of pyridine rings is 1. The monoisotopic (exact) mass is 380 g/mol. The second-order valence-corrected chi connectivity index (χ2v) is 6.83. The number of carbonyl (C=O) groups is 2. The Morgan fingerprint density at radius 2 is 1.89 bits per heavy atom. The number of thioether (sulfide) groups is 1. The van der Waals surface area contributed by atoms with Gasteiger partial charge in [0.15, 0.2) is 6.61 Å². The highest BCUT2D eigenvalue weighted by atomic mass is 32.2. The third-order valence-electron chi connectivity index (χ3n) is 4.17. The van der Waals surface area contributed by atoms with E-state index in [0.29, 0.717) is 10.6 Å². The number of nitrogens with zero attached hydrogens (tertiary/aromatic N) is 1. The summed E-state index contributed by atoms with van der Waals surface area (Å²) < 4.78 is 5.14. The Morgan fingerprint density at radius 1 is 1.11 bits per heavy atom. The van der Waals surface area contributed by atoms with Gasteiger partial charge in [0.2, 0.25) is 0 Å². The van der Waals surface area contributed by atoms with Crippen molar-refractivity contribution in [2.45, 2.75) is 18.0 Å². The van der Waals surface area contributed by atoms with E-state index in [1.165, 1.54) is 11.8 Å². The zero-order valence-corrected chi connectivity index (χ0v) is 16.0. The van der Waals surface area contributed by atoms with E-state index >= 15 is 0 Å². The van der Waals surface area contributed by atoms with Gasteiger partial charge in [0.05, 0.1) is 11.6 Å². The number of hydrogen-bond acceptors (Lipinski definition) is 5. The first-order valence-electron chi connectivity index (χ1n) is 8.52. The van der Waals surface area contributed by atoms with Crippen molar-refractivity contribution in [2.75, 3.05) is 12.9 Å². The first kappa shape index (κ1) is 18.9. The van der Waals surface area contributed by atoms with Crippen molar-refractivity contribution in [2.24, 2.45) is 0 Å². The molecule has 1 N–H and O–H groups in total. The molecule has 5 nitrogen and oxygen atoms in total. The highest BCUT2D eigenvalue weighted by molar-refractivity contribution is 7.98. The van der Waals surface area contributed by atoms with Crippen LogP contribution in [-0.4, -0.2) is 29.7 Å². The minimum Gasteiger partial charge on any atom is -0.452 e. The van der Waals surface area contributed by atoms with Crippen LogP contribution in [0, 0.1) is 0 Å². The number of esters is 1. The van der Waals surface area contributed by atoms with Crippen molar-refractivity contribution >= 4 is 34.4 Å². The lowest BCUT2D eigenvalue weighted by Crippen LogP contribution is -2.31. The van der Waals surface area contributed by atoms with E-state index in [2.05, 4.69) is 10.3 Å². The lowest BCUT2D eigenvalue weighted by molar-refractivity contribution is -0.124. The van der Waals surface area contributed by atoms with Crippen LogP contribution < -0.4 is 5.32 Å². The second-order valence-electron chi connectivity index (χ2n) is 6.03. The largest absolute Gasteiger partial charge is 0.452 e. The molecule has 2 aromatic carbocycles. The van der Waals surface area contributed by atoms with Gasteiger partial charge in [-0.3, -0.25) is 4.79 Å². The maximum absolute atomic E-state index is 12.2. The maximum Gasteiger partial charge on any atom is 0.341 e. The Bertz CT molecular complexity index is 974. The van der Waals surface area contributed by atoms with Gasteiger partial charge in [0.1, 0.15) is 5.03 Å². The van der Waals surface area contributed by atoms with Crippen LogP contribution in [0.1, 0.15) is 28.9 Å². The van der Waals surface area contributed by atoms with Crippen LogP contribution in [0.25, 0.3) is 10.8 Å². The average Bonchev–Trinajstić information content (AvgIpc) is 2.71. The van der Waals surface area contributed by atoms with Gasteiger partial charge in [0.25, 0.3) is 5.91 Å². The predicted molar refractivity (Wildman–Crippen MR) is 107 cm³/mol. The number of amides is 1. The lowest BCUT2D eigenvalue weighted by atomic mass is 10.0. The molecule has 1 heterocycles. The van der Waals surface area contributed by atoms with Gasteiger partial charge in [-0.25, -0.2) is 9.78 Å². The van der Waals surface area contributed by atoms with Gasteiger partial charge >= 0.3 is 5.97 Å². The van der Waals surface area contributed by atoms with E-state index in [9.17, 15) is 9.59 Å². The van der Waals surface area contributed by atoms with E-state index in [1.54, 1.807) is 18.3 Å². The first-order chi connectivity index (χ1) is 13.1. The van der Waals surface area contributed by atoms with E-state index in [1.807, 2.05) is 55.6 Å². The molecule has 0 aliphatic rings. The van der Waals surface area contributed by atoms with E-state index in [0.717, 1.165) is 16.3 Å². The predicted octanol–water partition coefficient (Wildman–Crippen LogP) is 3.99. The van der Waals surface area contributed by atoms with Crippen molar-refractivity contribution in [3.63, 3.8) is 0 Å². The van der Waals surface area contributed by atoms with Gasteiger partial charge in [-0.15, -0.1) is 11.8 Å². The fourth-order valence-electron chi connectivity index (χ4n) is 2.76. The third kappa shape index (κ3) is 4.65. The summed E-state index contributed by atoms with van der Waals surface area (Å²) in [6.07, 6.45) is 3.44. The van der Waals surface area contributed by atoms with Gasteiger partial charge in [-0.1, -0.05) is 36.4 Å². The molecule has 0 aliphatic carbocycles. The van der Waals surface area contributed by atoms with Crippen molar-refractivity contribution in [3.8, 4) is 0 Å². The first-order valence-corrected chi connectivity index (χ1v) is 9.75. The molecular weight excluding hydrogens is 360 g/mol. The lowest BCUT2D eigenvalue weighted by Gasteiger charge is -2.15. The highest BCUT2D eigenvalue weighted by Crippen LogP contribution is 2.20. The smallest absolute Gasteiger partial charge is 0.341 e. The van der Waals surface area contributed by atoms with Crippen LogP contribution in [0.5, 0.6) is 0 Å². The zero-order chi connectivity index (χ0) is 19.2. The molecule has 27 heavy (non-hydrogen) atoms. The van der Waals surface area contributed by atoms with Crippen LogP contribution in [0.15, 0.2) is 65.8 Å². The number of aromatic nitrogens is 1. The molecule has 1 amide bonds. The molecule has 3 rings (SSSR count). The summed E-state index contributed by atoms with van der Waals surface area (Å²) in [5, 5.41) is 5.70. The number of ether oxygens (including phenoxy) is 1. The molecule has 1 aromatic heterocycles. The molecule has 3 aromatic rings. The van der Waals surface area contributed by atoms with Crippen LogP contribution in [-0.2, 0) is 9.53 Å². The van der Waals surface area contributed by atoms with E-state index in [4.69, 9.17) is 4.74 Å². The number of nitrogens with one attached hydrogen (secondary N) is 1. The fraction of sp³-hybridized carbons (Fsp3) is 0.190. The topological polar surface area (TPSA) is 68.3 Å². The Kier molecular flexibility index (Phi) is 6.08. The van der Waals surface area contributed by atoms with Crippen molar-refractivity contribution in [1.82, 2.24) is 10.3 Å². The zero-order valence-electron chi connectivity index (χ0n) is 15.1. The molecule has 0 saturated carbocycles. The molecule has 0 saturated heterocycles. The van der Waals surface area contributed by atoms with Crippen LogP contribution in [0.2, 0.25) is 0 Å². The molecule has 0 aliphatic heterocycles. The van der Waals surface area contributed by atoms with Crippen LogP contribution in [0.3, 0.4) is 0 Å². The Hall–Kier alpha value is -2.86. The Balaban J connectivity index is 1.58.